The fourth-order valence-electron chi connectivity index (χ4n) is 2.84. The number of allylic oxidation sites excluding steroid dienone is 2. The van der Waals surface area contributed by atoms with Gasteiger partial charge in [0, 0.05) is 11.6 Å². The molecule has 1 N–H and O–H groups in total. The molecule has 0 saturated heterocycles. The summed E-state index contributed by atoms with van der Waals surface area (Å²) in [6, 6.07) is 5.95. The average Bonchev–Trinajstić information content (AvgIpc) is 2.81. The summed E-state index contributed by atoms with van der Waals surface area (Å²) < 4.78 is 5.56. The van der Waals surface area contributed by atoms with Gasteiger partial charge in [-0.2, -0.15) is 5.10 Å². The van der Waals surface area contributed by atoms with E-state index >= 15 is 0 Å². The molecule has 1 aromatic rings. The third-order valence-corrected chi connectivity index (χ3v) is 4.19. The van der Waals surface area contributed by atoms with Gasteiger partial charge in [-0.25, -0.2) is 5.43 Å². The van der Waals surface area contributed by atoms with Crippen LogP contribution in [-0.4, -0.2) is 18.2 Å². The van der Waals surface area contributed by atoms with Crippen molar-refractivity contribution in [3.8, 4) is 5.75 Å². The van der Waals surface area contributed by atoms with Crippen LogP contribution >= 0.6 is 0 Å². The van der Waals surface area contributed by atoms with E-state index in [1.807, 2.05) is 32.0 Å². The Kier molecular flexibility index (Phi) is 3.78. The zero-order chi connectivity index (χ0) is 14.8. The molecular weight excluding hydrogens is 264 g/mol. The number of carbonyl (C=O) groups excluding carboxylic acids is 1. The maximum Gasteiger partial charge on any atom is 0.277 e. The molecule has 0 radical (unpaired) electrons. The van der Waals surface area contributed by atoms with E-state index in [1.165, 1.54) is 0 Å². The van der Waals surface area contributed by atoms with Crippen molar-refractivity contribution in [3.05, 3.63) is 41.5 Å². The molecule has 0 spiro atoms. The van der Waals surface area contributed by atoms with Crippen LogP contribution in [0.1, 0.15) is 24.0 Å². The molecule has 2 aliphatic carbocycles. The van der Waals surface area contributed by atoms with Gasteiger partial charge in [-0.3, -0.25) is 4.79 Å². The number of amides is 1. The molecule has 1 fully saturated rings. The van der Waals surface area contributed by atoms with E-state index in [4.69, 9.17) is 4.74 Å². The first-order chi connectivity index (χ1) is 10.1. The minimum atomic E-state index is -0.210. The number of rotatable bonds is 4. The monoisotopic (exact) mass is 284 g/mol. The molecule has 2 aliphatic rings. The molecule has 1 aromatic carbocycles. The lowest BCUT2D eigenvalue weighted by Crippen LogP contribution is -2.36. The summed E-state index contributed by atoms with van der Waals surface area (Å²) in [6.07, 6.45) is 6.47. The lowest BCUT2D eigenvalue weighted by Gasteiger charge is -2.31. The number of hydrogen-bond acceptors (Lipinski definition) is 3. The van der Waals surface area contributed by atoms with Crippen LogP contribution < -0.4 is 10.2 Å². The Labute approximate surface area is 124 Å². The zero-order valence-electron chi connectivity index (χ0n) is 12.4. The van der Waals surface area contributed by atoms with E-state index in [0.717, 1.165) is 35.4 Å². The van der Waals surface area contributed by atoms with Crippen molar-refractivity contribution in [3.63, 3.8) is 0 Å². The van der Waals surface area contributed by atoms with E-state index in [1.54, 1.807) is 0 Å². The summed E-state index contributed by atoms with van der Waals surface area (Å²) in [4.78, 5) is 11.8. The molecule has 110 valence electrons. The highest BCUT2D eigenvalue weighted by atomic mass is 16.5. The number of nitrogens with zero attached hydrogens (tertiary/aromatic N) is 1. The summed E-state index contributed by atoms with van der Waals surface area (Å²) in [5.74, 6) is 1.70. The molecule has 1 amide bonds. The molecule has 0 bridgehead atoms. The Hall–Kier alpha value is -2.10. The molecule has 4 heteroatoms. The van der Waals surface area contributed by atoms with Crippen LogP contribution in [0.25, 0.3) is 0 Å². The van der Waals surface area contributed by atoms with Crippen LogP contribution in [0.3, 0.4) is 0 Å². The lowest BCUT2D eigenvalue weighted by atomic mass is 9.74. The largest absolute Gasteiger partial charge is 0.483 e. The quantitative estimate of drug-likeness (QED) is 0.682. The number of hydrogen-bond donors (Lipinski definition) is 1. The van der Waals surface area contributed by atoms with Crippen LogP contribution in [0.5, 0.6) is 5.75 Å². The molecule has 0 unspecified atom stereocenters. The van der Waals surface area contributed by atoms with E-state index in [-0.39, 0.29) is 12.5 Å². The molecule has 21 heavy (non-hydrogen) atoms. The van der Waals surface area contributed by atoms with Crippen molar-refractivity contribution in [1.82, 2.24) is 5.43 Å². The highest BCUT2D eigenvalue weighted by Crippen LogP contribution is 2.39. The third kappa shape index (κ3) is 2.99. The Morgan fingerprint density at radius 1 is 1.43 bits per heavy atom. The number of hydrazone groups is 1. The normalized spacial score (nSPS) is 24.6. The van der Waals surface area contributed by atoms with Crippen molar-refractivity contribution in [1.29, 1.82) is 0 Å². The second-order valence-electron chi connectivity index (χ2n) is 5.83. The van der Waals surface area contributed by atoms with Crippen molar-refractivity contribution in [2.24, 2.45) is 16.9 Å². The first-order valence-electron chi connectivity index (χ1n) is 7.35. The molecule has 0 aliphatic heterocycles. The molecule has 0 heterocycles. The number of ether oxygens (including phenoxy) is 1. The highest BCUT2D eigenvalue weighted by molar-refractivity contribution is 5.94. The lowest BCUT2D eigenvalue weighted by molar-refractivity contribution is -0.123. The first kappa shape index (κ1) is 13.9. The maximum atomic E-state index is 11.8. The minimum absolute atomic E-state index is 0.00653. The van der Waals surface area contributed by atoms with E-state index < -0.39 is 0 Å². The summed E-state index contributed by atoms with van der Waals surface area (Å²) in [6.45, 7) is 3.96. The van der Waals surface area contributed by atoms with Gasteiger partial charge in [-0.15, -0.1) is 0 Å². The van der Waals surface area contributed by atoms with Crippen molar-refractivity contribution >= 4 is 11.6 Å². The topological polar surface area (TPSA) is 50.7 Å². The molecule has 2 atom stereocenters. The molecular formula is C17H20N2O2. The average molecular weight is 284 g/mol. The molecule has 4 nitrogen and oxygen atoms in total. The third-order valence-electron chi connectivity index (χ3n) is 4.19. The fraction of sp³-hybridized carbons (Fsp3) is 0.412. The van der Waals surface area contributed by atoms with E-state index in [9.17, 15) is 4.79 Å². The zero-order valence-corrected chi connectivity index (χ0v) is 12.4. The van der Waals surface area contributed by atoms with Gasteiger partial charge in [0.2, 0.25) is 0 Å². The maximum absolute atomic E-state index is 11.8. The predicted octanol–water partition coefficient (Wildman–Crippen LogP) is 2.75. The minimum Gasteiger partial charge on any atom is -0.483 e. The van der Waals surface area contributed by atoms with Crippen molar-refractivity contribution in [2.45, 2.75) is 26.7 Å². The molecule has 0 aromatic heterocycles. The number of carbonyl (C=O) groups is 1. The summed E-state index contributed by atoms with van der Waals surface area (Å²) >= 11 is 0. The number of nitrogens with one attached hydrogen (secondary N) is 1. The van der Waals surface area contributed by atoms with Gasteiger partial charge in [-0.1, -0.05) is 24.3 Å². The van der Waals surface area contributed by atoms with E-state index in [2.05, 4.69) is 22.7 Å². The van der Waals surface area contributed by atoms with Crippen molar-refractivity contribution in [2.75, 3.05) is 6.61 Å². The Balaban J connectivity index is 1.49. The summed E-state index contributed by atoms with van der Waals surface area (Å²) in [7, 11) is 0. The summed E-state index contributed by atoms with van der Waals surface area (Å²) in [5.41, 5.74) is 5.84. The standard InChI is InChI=1S/C17H20N2O2/c1-11-6-7-12(2)16(8-11)21-10-17(20)19-18-15-9-13-4-3-5-14(13)15/h3-4,6-8,13-14H,5,9-10H2,1-2H3,(H,19,20)/b18-15+/t13-,14-/m1/s1. The Morgan fingerprint density at radius 2 is 2.29 bits per heavy atom. The van der Waals surface area contributed by atoms with Gasteiger partial charge in [0.15, 0.2) is 6.61 Å². The van der Waals surface area contributed by atoms with Crippen LogP contribution in [0.2, 0.25) is 0 Å². The van der Waals surface area contributed by atoms with Crippen molar-refractivity contribution < 1.29 is 9.53 Å². The number of aryl methyl sites for hydroxylation is 2. The fourth-order valence-corrected chi connectivity index (χ4v) is 2.84. The Bertz CT molecular complexity index is 619. The molecule has 3 rings (SSSR count). The smallest absolute Gasteiger partial charge is 0.277 e. The van der Waals surface area contributed by atoms with Gasteiger partial charge >= 0.3 is 0 Å². The van der Waals surface area contributed by atoms with Crippen LogP contribution in [0, 0.1) is 25.7 Å². The second-order valence-corrected chi connectivity index (χ2v) is 5.83. The predicted molar refractivity (Wildman–Crippen MR) is 82.3 cm³/mol. The van der Waals surface area contributed by atoms with E-state index in [0.29, 0.717) is 11.8 Å². The van der Waals surface area contributed by atoms with Crippen LogP contribution in [0.4, 0.5) is 0 Å². The van der Waals surface area contributed by atoms with Crippen LogP contribution in [0.15, 0.2) is 35.5 Å². The highest BCUT2D eigenvalue weighted by Gasteiger charge is 2.37. The molecule has 1 saturated carbocycles. The second kappa shape index (κ2) is 5.72. The van der Waals surface area contributed by atoms with Gasteiger partial charge in [0.05, 0.1) is 0 Å². The summed E-state index contributed by atoms with van der Waals surface area (Å²) in [5, 5.41) is 4.22. The van der Waals surface area contributed by atoms with Crippen LogP contribution in [-0.2, 0) is 4.79 Å². The Morgan fingerprint density at radius 3 is 3.10 bits per heavy atom. The number of benzene rings is 1. The van der Waals surface area contributed by atoms with Gasteiger partial charge in [0.25, 0.3) is 5.91 Å². The number of fused-ring (bicyclic) bond motifs is 1. The SMILES string of the molecule is Cc1ccc(C)c(OCC(=O)N/N=C2\C[C@H]3C=CC[C@@H]23)c1. The van der Waals surface area contributed by atoms with Gasteiger partial charge in [-0.05, 0) is 49.8 Å². The van der Waals surface area contributed by atoms with Gasteiger partial charge in [0.1, 0.15) is 5.75 Å². The van der Waals surface area contributed by atoms with Gasteiger partial charge < -0.3 is 4.74 Å². The first-order valence-corrected chi connectivity index (χ1v) is 7.35.